The normalized spacial score (nSPS) is 10.7. The van der Waals surface area contributed by atoms with Gasteiger partial charge in [0.05, 0.1) is 0 Å². The van der Waals surface area contributed by atoms with Crippen LogP contribution in [-0.2, 0) is 6.54 Å². The lowest BCUT2D eigenvalue weighted by Gasteiger charge is -2.09. The van der Waals surface area contributed by atoms with Crippen LogP contribution in [0.4, 0.5) is 14.5 Å². The van der Waals surface area contributed by atoms with E-state index in [2.05, 4.69) is 10.3 Å². The van der Waals surface area contributed by atoms with E-state index in [4.69, 9.17) is 0 Å². The first kappa shape index (κ1) is 12.5. The first-order chi connectivity index (χ1) is 9.74. The average Bonchev–Trinajstić information content (AvgIpc) is 2.48. The Bertz CT molecular complexity index is 751. The molecule has 1 heterocycles. The number of pyridine rings is 1. The molecular formula is C16H12F2N2. The number of fused-ring (bicyclic) bond motifs is 1. The molecule has 100 valence electrons. The van der Waals surface area contributed by atoms with E-state index in [0.29, 0.717) is 12.2 Å². The Morgan fingerprint density at radius 3 is 2.75 bits per heavy atom. The number of rotatable bonds is 3. The maximum Gasteiger partial charge on any atom is 0.160 e. The van der Waals surface area contributed by atoms with Crippen LogP contribution in [0.25, 0.3) is 10.8 Å². The number of nitrogens with one attached hydrogen (secondary N) is 1. The predicted molar refractivity (Wildman–Crippen MR) is 75.4 cm³/mol. The summed E-state index contributed by atoms with van der Waals surface area (Å²) in [6, 6.07) is 11.7. The van der Waals surface area contributed by atoms with Gasteiger partial charge in [0.25, 0.3) is 0 Å². The third-order valence-corrected chi connectivity index (χ3v) is 3.17. The van der Waals surface area contributed by atoms with E-state index < -0.39 is 11.6 Å². The Morgan fingerprint density at radius 2 is 1.90 bits per heavy atom. The Labute approximate surface area is 115 Å². The quantitative estimate of drug-likeness (QED) is 0.774. The minimum Gasteiger partial charge on any atom is -0.381 e. The third kappa shape index (κ3) is 2.45. The van der Waals surface area contributed by atoms with Gasteiger partial charge in [-0.1, -0.05) is 18.2 Å². The molecule has 4 heteroatoms. The molecule has 0 fully saturated rings. The van der Waals surface area contributed by atoms with Crippen LogP contribution in [0.5, 0.6) is 0 Å². The molecular weight excluding hydrogens is 258 g/mol. The number of nitrogens with zero attached hydrogens (tertiary/aromatic N) is 1. The van der Waals surface area contributed by atoms with Crippen molar-refractivity contribution in [2.75, 3.05) is 5.32 Å². The van der Waals surface area contributed by atoms with E-state index in [1.54, 1.807) is 12.4 Å². The first-order valence-electron chi connectivity index (χ1n) is 6.24. The molecule has 20 heavy (non-hydrogen) atoms. The molecule has 0 spiro atoms. The number of aromatic nitrogens is 1. The minimum atomic E-state index is -0.850. The molecule has 0 aliphatic rings. The highest BCUT2D eigenvalue weighted by Gasteiger charge is 2.04. The average molecular weight is 270 g/mol. The van der Waals surface area contributed by atoms with Crippen LogP contribution in [0.1, 0.15) is 5.56 Å². The molecule has 0 aliphatic heterocycles. The molecule has 0 saturated carbocycles. The van der Waals surface area contributed by atoms with Crippen LogP contribution < -0.4 is 5.32 Å². The van der Waals surface area contributed by atoms with E-state index in [-0.39, 0.29) is 0 Å². The van der Waals surface area contributed by atoms with Crippen LogP contribution in [0.2, 0.25) is 0 Å². The van der Waals surface area contributed by atoms with Crippen LogP contribution in [0.15, 0.2) is 54.9 Å². The van der Waals surface area contributed by atoms with E-state index >= 15 is 0 Å². The Kier molecular flexibility index (Phi) is 3.29. The Balaban J connectivity index is 1.85. The number of benzene rings is 2. The molecule has 0 aliphatic carbocycles. The lowest BCUT2D eigenvalue weighted by Crippen LogP contribution is -2.01. The van der Waals surface area contributed by atoms with Gasteiger partial charge in [-0.25, -0.2) is 8.78 Å². The summed E-state index contributed by atoms with van der Waals surface area (Å²) in [5.74, 6) is -1.69. The van der Waals surface area contributed by atoms with Crippen molar-refractivity contribution < 1.29 is 8.78 Å². The molecule has 0 unspecified atom stereocenters. The minimum absolute atomic E-state index is 0.534. The smallest absolute Gasteiger partial charge is 0.160 e. The van der Waals surface area contributed by atoms with Crippen molar-refractivity contribution in [3.05, 3.63) is 72.1 Å². The van der Waals surface area contributed by atoms with Crippen molar-refractivity contribution in [3.8, 4) is 0 Å². The summed E-state index contributed by atoms with van der Waals surface area (Å²) < 4.78 is 26.0. The molecule has 0 saturated heterocycles. The van der Waals surface area contributed by atoms with Gasteiger partial charge in [-0.3, -0.25) is 4.98 Å². The van der Waals surface area contributed by atoms with E-state index in [1.807, 2.05) is 24.3 Å². The summed E-state index contributed by atoms with van der Waals surface area (Å²) in [4.78, 5) is 4.08. The monoisotopic (exact) mass is 270 g/mol. The number of halogens is 2. The molecule has 1 N–H and O–H groups in total. The third-order valence-electron chi connectivity index (χ3n) is 3.17. The Morgan fingerprint density at radius 1 is 1.00 bits per heavy atom. The van der Waals surface area contributed by atoms with E-state index in [9.17, 15) is 8.78 Å². The van der Waals surface area contributed by atoms with Crippen molar-refractivity contribution in [3.63, 3.8) is 0 Å². The van der Waals surface area contributed by atoms with Crippen molar-refractivity contribution in [1.29, 1.82) is 0 Å². The summed E-state index contributed by atoms with van der Waals surface area (Å²) in [6.45, 7) is 0.534. The van der Waals surface area contributed by atoms with Crippen LogP contribution in [0.3, 0.4) is 0 Å². The molecule has 3 aromatic rings. The lowest BCUT2D eigenvalue weighted by atomic mass is 10.1. The van der Waals surface area contributed by atoms with E-state index in [0.717, 1.165) is 28.5 Å². The lowest BCUT2D eigenvalue weighted by molar-refractivity contribution is 0.509. The standard InChI is InChI=1S/C16H12F2N2/c17-15-5-4-13(8-16(15)18)20-10-12-3-1-2-11-9-19-7-6-14(11)12/h1-9,20H,10H2. The zero-order chi connectivity index (χ0) is 13.9. The summed E-state index contributed by atoms with van der Waals surface area (Å²) in [7, 11) is 0. The summed E-state index contributed by atoms with van der Waals surface area (Å²) >= 11 is 0. The summed E-state index contributed by atoms with van der Waals surface area (Å²) in [5.41, 5.74) is 1.63. The summed E-state index contributed by atoms with van der Waals surface area (Å²) in [6.07, 6.45) is 3.54. The molecule has 0 radical (unpaired) electrons. The summed E-state index contributed by atoms with van der Waals surface area (Å²) in [5, 5.41) is 5.24. The number of hydrogen-bond acceptors (Lipinski definition) is 2. The molecule has 2 nitrogen and oxygen atoms in total. The molecule has 0 atom stereocenters. The first-order valence-corrected chi connectivity index (χ1v) is 6.24. The molecule has 0 bridgehead atoms. The highest BCUT2D eigenvalue weighted by molar-refractivity contribution is 5.84. The molecule has 2 aromatic carbocycles. The predicted octanol–water partition coefficient (Wildman–Crippen LogP) is 4.13. The fraction of sp³-hybridized carbons (Fsp3) is 0.0625. The van der Waals surface area contributed by atoms with Gasteiger partial charge in [-0.15, -0.1) is 0 Å². The van der Waals surface area contributed by atoms with Crippen molar-refractivity contribution in [2.24, 2.45) is 0 Å². The van der Waals surface area contributed by atoms with Crippen LogP contribution in [0, 0.1) is 11.6 Å². The van der Waals surface area contributed by atoms with Gasteiger partial charge in [0.15, 0.2) is 11.6 Å². The zero-order valence-electron chi connectivity index (χ0n) is 10.6. The van der Waals surface area contributed by atoms with Gasteiger partial charge in [-0.2, -0.15) is 0 Å². The largest absolute Gasteiger partial charge is 0.381 e. The second-order valence-corrected chi connectivity index (χ2v) is 4.50. The van der Waals surface area contributed by atoms with Gasteiger partial charge in [0, 0.05) is 36.1 Å². The van der Waals surface area contributed by atoms with Gasteiger partial charge in [0.2, 0.25) is 0 Å². The zero-order valence-corrected chi connectivity index (χ0v) is 10.6. The highest BCUT2D eigenvalue weighted by atomic mass is 19.2. The van der Waals surface area contributed by atoms with Crippen LogP contribution in [-0.4, -0.2) is 4.98 Å². The van der Waals surface area contributed by atoms with Gasteiger partial charge in [-0.05, 0) is 29.1 Å². The fourth-order valence-electron chi connectivity index (χ4n) is 2.15. The van der Waals surface area contributed by atoms with Crippen LogP contribution >= 0.6 is 0 Å². The highest BCUT2D eigenvalue weighted by Crippen LogP contribution is 2.19. The second-order valence-electron chi connectivity index (χ2n) is 4.50. The Hall–Kier alpha value is -2.49. The SMILES string of the molecule is Fc1ccc(NCc2cccc3cnccc23)cc1F. The number of hydrogen-bond donors (Lipinski definition) is 1. The topological polar surface area (TPSA) is 24.9 Å². The fourth-order valence-corrected chi connectivity index (χ4v) is 2.15. The van der Waals surface area contributed by atoms with E-state index in [1.165, 1.54) is 6.07 Å². The van der Waals surface area contributed by atoms with Crippen molar-refractivity contribution in [2.45, 2.75) is 6.54 Å². The van der Waals surface area contributed by atoms with Gasteiger partial charge in [0.1, 0.15) is 0 Å². The van der Waals surface area contributed by atoms with Crippen molar-refractivity contribution >= 4 is 16.5 Å². The van der Waals surface area contributed by atoms with Gasteiger partial charge < -0.3 is 5.32 Å². The second kappa shape index (κ2) is 5.25. The molecule has 1 aromatic heterocycles. The maximum absolute atomic E-state index is 13.1. The number of anilines is 1. The molecule has 0 amide bonds. The van der Waals surface area contributed by atoms with Gasteiger partial charge >= 0.3 is 0 Å². The molecule has 3 rings (SSSR count). The maximum atomic E-state index is 13.1. The van der Waals surface area contributed by atoms with Crippen molar-refractivity contribution in [1.82, 2.24) is 4.98 Å².